The van der Waals surface area contributed by atoms with Gasteiger partial charge in [0.05, 0.1) is 13.5 Å². The average molecular weight is 579 g/mol. The zero-order chi connectivity index (χ0) is 29.9. The van der Waals surface area contributed by atoms with E-state index in [1.165, 1.54) is 0 Å². The molecule has 0 radical (unpaired) electrons. The lowest BCUT2D eigenvalue weighted by atomic mass is 10.1. The number of ether oxygens (including phenoxy) is 1. The number of hydrogen-bond donors (Lipinski definition) is 4. The molecule has 1 atom stereocenters. The summed E-state index contributed by atoms with van der Waals surface area (Å²) >= 11 is 0. The van der Waals surface area contributed by atoms with Crippen molar-refractivity contribution in [3.63, 3.8) is 0 Å². The lowest BCUT2D eigenvalue weighted by Crippen LogP contribution is -2.15. The molecular formula is C30H30N10O3. The third kappa shape index (κ3) is 8.39. The van der Waals surface area contributed by atoms with Crippen LogP contribution in [0.15, 0.2) is 85.2 Å². The van der Waals surface area contributed by atoms with Crippen LogP contribution in [0.4, 0.5) is 11.9 Å². The molecule has 1 aromatic carbocycles. The van der Waals surface area contributed by atoms with Crippen molar-refractivity contribution in [2.45, 2.75) is 25.7 Å². The predicted octanol–water partition coefficient (Wildman–Crippen LogP) is 4.22. The minimum absolute atomic E-state index is 0.0619. The van der Waals surface area contributed by atoms with Crippen LogP contribution in [0, 0.1) is 5.92 Å². The molecule has 2 amide bonds. The Morgan fingerprint density at radius 2 is 1.44 bits per heavy atom. The van der Waals surface area contributed by atoms with Crippen molar-refractivity contribution in [2.75, 3.05) is 17.7 Å². The Morgan fingerprint density at radius 3 is 1.95 bits per heavy atom. The summed E-state index contributed by atoms with van der Waals surface area (Å²) in [5.41, 5.74) is 2.23. The predicted molar refractivity (Wildman–Crippen MR) is 160 cm³/mol. The fraction of sp³-hybridized carbons (Fsp3) is 0.200. The maximum Gasteiger partial charge on any atom is 0.249 e. The van der Waals surface area contributed by atoms with Gasteiger partial charge in [-0.25, -0.2) is 0 Å². The molecule has 1 aliphatic carbocycles. The van der Waals surface area contributed by atoms with Crippen LogP contribution in [0.1, 0.15) is 24.8 Å². The smallest absolute Gasteiger partial charge is 0.249 e. The Kier molecular flexibility index (Phi) is 9.55. The summed E-state index contributed by atoms with van der Waals surface area (Å²) in [5, 5.41) is 18.8. The first kappa shape index (κ1) is 28.8. The number of H-pyrrole nitrogens is 2. The number of methoxy groups -OCH3 is 1. The molecule has 0 spiro atoms. The molecule has 0 fully saturated rings. The number of carbonyl (C=O) groups is 2. The second-order valence-electron chi connectivity index (χ2n) is 9.54. The quantitative estimate of drug-likeness (QED) is 0.187. The second-order valence-corrected chi connectivity index (χ2v) is 9.54. The molecule has 5 aromatic rings. The van der Waals surface area contributed by atoms with E-state index in [0.717, 1.165) is 24.2 Å². The zero-order valence-corrected chi connectivity index (χ0v) is 23.4. The Bertz CT molecular complexity index is 1650. The second kappa shape index (κ2) is 14.3. The molecule has 43 heavy (non-hydrogen) atoms. The van der Waals surface area contributed by atoms with Gasteiger partial charge in [0, 0.05) is 18.8 Å². The summed E-state index contributed by atoms with van der Waals surface area (Å²) in [6.45, 7) is 0. The molecule has 4 heterocycles. The molecule has 6 rings (SSSR count). The van der Waals surface area contributed by atoms with E-state index >= 15 is 0 Å². The van der Waals surface area contributed by atoms with E-state index in [2.05, 4.69) is 63.1 Å². The number of amides is 2. The van der Waals surface area contributed by atoms with Gasteiger partial charge in [-0.3, -0.25) is 40.4 Å². The number of anilines is 2. The monoisotopic (exact) mass is 578 g/mol. The molecule has 4 N–H and O–H groups in total. The van der Waals surface area contributed by atoms with Gasteiger partial charge in [-0.15, -0.1) is 10.2 Å². The summed E-state index contributed by atoms with van der Waals surface area (Å²) in [4.78, 5) is 40.7. The highest BCUT2D eigenvalue weighted by atomic mass is 16.5. The Balaban J connectivity index is 0.000000173. The van der Waals surface area contributed by atoms with Crippen molar-refractivity contribution < 1.29 is 14.3 Å². The average Bonchev–Trinajstić information content (AvgIpc) is 3.82. The molecule has 4 aromatic heterocycles. The molecule has 0 saturated heterocycles. The van der Waals surface area contributed by atoms with Crippen LogP contribution in [0.2, 0.25) is 0 Å². The number of allylic oxidation sites excluding steroid dienone is 2. The molecule has 13 heteroatoms. The van der Waals surface area contributed by atoms with Gasteiger partial charge in [0.1, 0.15) is 17.1 Å². The van der Waals surface area contributed by atoms with Crippen molar-refractivity contribution >= 4 is 23.7 Å². The molecule has 218 valence electrons. The fourth-order valence-electron chi connectivity index (χ4n) is 4.25. The lowest BCUT2D eigenvalue weighted by Gasteiger charge is -2.05. The van der Waals surface area contributed by atoms with Crippen molar-refractivity contribution in [2.24, 2.45) is 5.92 Å². The van der Waals surface area contributed by atoms with E-state index in [4.69, 9.17) is 4.74 Å². The van der Waals surface area contributed by atoms with Crippen LogP contribution in [0.5, 0.6) is 5.75 Å². The van der Waals surface area contributed by atoms with Gasteiger partial charge in [-0.1, -0.05) is 36.4 Å². The summed E-state index contributed by atoms with van der Waals surface area (Å²) in [6.07, 6.45) is 10.4. The van der Waals surface area contributed by atoms with E-state index in [1.54, 1.807) is 19.5 Å². The number of rotatable bonds is 9. The fourth-order valence-corrected chi connectivity index (χ4v) is 4.25. The van der Waals surface area contributed by atoms with Gasteiger partial charge in [0.25, 0.3) is 0 Å². The van der Waals surface area contributed by atoms with Crippen LogP contribution in [-0.2, 0) is 16.0 Å². The van der Waals surface area contributed by atoms with E-state index in [9.17, 15) is 9.59 Å². The van der Waals surface area contributed by atoms with E-state index in [-0.39, 0.29) is 30.1 Å². The van der Waals surface area contributed by atoms with Gasteiger partial charge in [-0.2, -0.15) is 9.97 Å². The van der Waals surface area contributed by atoms with Crippen LogP contribution < -0.4 is 15.4 Å². The Hall–Kier alpha value is -5.72. The summed E-state index contributed by atoms with van der Waals surface area (Å²) in [7, 11) is 1.60. The topological polar surface area (TPSA) is 176 Å². The highest BCUT2D eigenvalue weighted by Crippen LogP contribution is 2.21. The van der Waals surface area contributed by atoms with Crippen molar-refractivity contribution in [3.8, 4) is 28.8 Å². The first-order valence-corrected chi connectivity index (χ1v) is 13.6. The summed E-state index contributed by atoms with van der Waals surface area (Å²) in [6, 6.07) is 18.3. The highest BCUT2D eigenvalue weighted by Gasteiger charge is 2.16. The van der Waals surface area contributed by atoms with Crippen molar-refractivity contribution in [1.29, 1.82) is 0 Å². The standard InChI is InChI=1S/C16H15N5O2.C14H15N5O/c1-23-12-7-5-11(6-8-12)10-14(22)18-16-19-15(20-21-16)13-4-2-3-9-17-13;20-12(9-10-5-1-2-6-10)16-14-17-13(18-19-14)11-7-3-4-8-15-11/h2-9H,10H2,1H3,(H2,18,19,20,21,22);1,3-5,7-8,10H,2,6,9H2,(H2,16,17,18,19,20). The maximum atomic E-state index is 12.0. The molecule has 13 nitrogen and oxygen atoms in total. The van der Waals surface area contributed by atoms with Gasteiger partial charge in [-0.05, 0) is 60.7 Å². The minimum Gasteiger partial charge on any atom is -0.497 e. The Labute approximate surface area is 247 Å². The van der Waals surface area contributed by atoms with E-state index < -0.39 is 0 Å². The number of benzene rings is 1. The third-order valence-electron chi connectivity index (χ3n) is 6.37. The number of aromatic nitrogens is 8. The molecule has 0 saturated carbocycles. The van der Waals surface area contributed by atoms with E-state index in [1.807, 2.05) is 60.7 Å². The normalized spacial score (nSPS) is 13.6. The Morgan fingerprint density at radius 1 is 0.837 bits per heavy atom. The summed E-state index contributed by atoms with van der Waals surface area (Å²) < 4.78 is 5.08. The number of nitrogens with zero attached hydrogens (tertiary/aromatic N) is 6. The van der Waals surface area contributed by atoms with Gasteiger partial charge in [0.2, 0.25) is 23.7 Å². The van der Waals surface area contributed by atoms with Crippen LogP contribution in [-0.4, -0.2) is 59.3 Å². The van der Waals surface area contributed by atoms with Crippen LogP contribution >= 0.6 is 0 Å². The van der Waals surface area contributed by atoms with Gasteiger partial charge < -0.3 is 4.74 Å². The third-order valence-corrected chi connectivity index (χ3v) is 6.37. The van der Waals surface area contributed by atoms with Crippen molar-refractivity contribution in [1.82, 2.24) is 40.3 Å². The molecule has 1 unspecified atom stereocenters. The number of hydrogen-bond acceptors (Lipinski definition) is 9. The molecular weight excluding hydrogens is 548 g/mol. The first-order chi connectivity index (χ1) is 21.1. The summed E-state index contributed by atoms with van der Waals surface area (Å²) in [5.74, 6) is 2.40. The van der Waals surface area contributed by atoms with E-state index in [0.29, 0.717) is 35.4 Å². The number of carbonyl (C=O) groups excluding carboxylic acids is 2. The minimum atomic E-state index is -0.193. The molecule has 0 bridgehead atoms. The van der Waals surface area contributed by atoms with Crippen molar-refractivity contribution in [3.05, 3.63) is 90.8 Å². The zero-order valence-electron chi connectivity index (χ0n) is 23.4. The maximum absolute atomic E-state index is 12.0. The molecule has 0 aliphatic heterocycles. The number of pyridine rings is 2. The van der Waals surface area contributed by atoms with Crippen LogP contribution in [0.3, 0.4) is 0 Å². The van der Waals surface area contributed by atoms with Gasteiger partial charge in [0.15, 0.2) is 11.6 Å². The molecule has 1 aliphatic rings. The largest absolute Gasteiger partial charge is 0.497 e. The SMILES string of the molecule is COc1ccc(CC(=O)Nc2n[nH]c(-c3ccccn3)n2)cc1.O=C(CC1C=CCC1)Nc1n[nH]c(-c2ccccn2)n1. The number of aromatic amines is 2. The highest BCUT2D eigenvalue weighted by molar-refractivity contribution is 5.91. The van der Waals surface area contributed by atoms with Crippen LogP contribution in [0.25, 0.3) is 23.0 Å². The number of nitrogens with one attached hydrogen (secondary N) is 4. The van der Waals surface area contributed by atoms with Gasteiger partial charge >= 0.3 is 0 Å². The first-order valence-electron chi connectivity index (χ1n) is 13.6. The lowest BCUT2D eigenvalue weighted by molar-refractivity contribution is -0.117.